The van der Waals surface area contributed by atoms with Crippen LogP contribution in [0.15, 0.2) is 30.8 Å². The summed E-state index contributed by atoms with van der Waals surface area (Å²) in [4.78, 5) is 11.6. The van der Waals surface area contributed by atoms with E-state index in [1.54, 1.807) is 24.7 Å². The third-order valence-corrected chi connectivity index (χ3v) is 2.95. The lowest BCUT2D eigenvalue weighted by molar-refractivity contribution is 0.100. The van der Waals surface area contributed by atoms with E-state index in [0.29, 0.717) is 5.69 Å². The minimum absolute atomic E-state index is 0.00161. The van der Waals surface area contributed by atoms with Crippen LogP contribution in [0.5, 0.6) is 0 Å². The standard InChI is InChI=1S/C15H16N2O/c1-5-13-14(12-8-6-10(2)7-9-12)16-17(4)15(13)11(3)18/h5-9H,1H2,2-4H3. The van der Waals surface area contributed by atoms with Crippen molar-refractivity contribution in [2.75, 3.05) is 0 Å². The number of aromatic nitrogens is 2. The fraction of sp³-hybridized carbons (Fsp3) is 0.200. The molecule has 1 aromatic heterocycles. The summed E-state index contributed by atoms with van der Waals surface area (Å²) in [6, 6.07) is 8.08. The van der Waals surface area contributed by atoms with Crippen LogP contribution < -0.4 is 0 Å². The number of benzene rings is 1. The molecule has 0 unspecified atom stereocenters. The fourth-order valence-corrected chi connectivity index (χ4v) is 2.08. The topological polar surface area (TPSA) is 34.9 Å². The SMILES string of the molecule is C=Cc1c(-c2ccc(C)cc2)nn(C)c1C(C)=O. The Morgan fingerprint density at radius 1 is 1.33 bits per heavy atom. The van der Waals surface area contributed by atoms with E-state index >= 15 is 0 Å². The third-order valence-electron chi connectivity index (χ3n) is 2.95. The van der Waals surface area contributed by atoms with Gasteiger partial charge in [0.05, 0.1) is 0 Å². The van der Waals surface area contributed by atoms with Gasteiger partial charge in [-0.2, -0.15) is 5.10 Å². The van der Waals surface area contributed by atoms with Gasteiger partial charge in [-0.1, -0.05) is 42.5 Å². The van der Waals surface area contributed by atoms with Gasteiger partial charge in [0.25, 0.3) is 0 Å². The van der Waals surface area contributed by atoms with Crippen LogP contribution in [-0.2, 0) is 7.05 Å². The first-order chi connectivity index (χ1) is 8.54. The highest BCUT2D eigenvalue weighted by atomic mass is 16.1. The molecule has 0 atom stereocenters. The fourth-order valence-electron chi connectivity index (χ4n) is 2.08. The van der Waals surface area contributed by atoms with Crippen LogP contribution in [0.25, 0.3) is 17.3 Å². The molecular weight excluding hydrogens is 224 g/mol. The van der Waals surface area contributed by atoms with Crippen molar-refractivity contribution in [3.05, 3.63) is 47.7 Å². The zero-order valence-electron chi connectivity index (χ0n) is 10.9. The minimum atomic E-state index is -0.00161. The van der Waals surface area contributed by atoms with Crippen LogP contribution in [0.3, 0.4) is 0 Å². The maximum Gasteiger partial charge on any atom is 0.178 e. The van der Waals surface area contributed by atoms with Gasteiger partial charge >= 0.3 is 0 Å². The summed E-state index contributed by atoms with van der Waals surface area (Å²) in [5, 5.41) is 4.43. The van der Waals surface area contributed by atoms with Gasteiger partial charge in [0.15, 0.2) is 5.78 Å². The second-order valence-electron chi connectivity index (χ2n) is 4.36. The number of rotatable bonds is 3. The third kappa shape index (κ3) is 1.99. The summed E-state index contributed by atoms with van der Waals surface area (Å²) in [6.45, 7) is 7.37. The van der Waals surface area contributed by atoms with E-state index in [4.69, 9.17) is 0 Å². The van der Waals surface area contributed by atoms with E-state index in [1.165, 1.54) is 5.56 Å². The van der Waals surface area contributed by atoms with Crippen molar-refractivity contribution in [3.8, 4) is 11.3 Å². The zero-order valence-corrected chi connectivity index (χ0v) is 10.9. The molecular formula is C15H16N2O. The molecule has 2 rings (SSSR count). The molecule has 18 heavy (non-hydrogen) atoms. The monoisotopic (exact) mass is 240 g/mol. The van der Waals surface area contributed by atoms with Crippen molar-refractivity contribution < 1.29 is 4.79 Å². The molecule has 0 aliphatic heterocycles. The average Bonchev–Trinajstić information content (AvgIpc) is 2.67. The van der Waals surface area contributed by atoms with E-state index in [-0.39, 0.29) is 5.78 Å². The normalized spacial score (nSPS) is 10.4. The molecule has 0 aliphatic rings. The van der Waals surface area contributed by atoms with Crippen LogP contribution in [0.1, 0.15) is 28.5 Å². The Kier molecular flexibility index (Phi) is 3.15. The molecule has 2 aromatic rings. The average molecular weight is 240 g/mol. The lowest BCUT2D eigenvalue weighted by Crippen LogP contribution is -2.03. The second-order valence-corrected chi connectivity index (χ2v) is 4.36. The van der Waals surface area contributed by atoms with Gasteiger partial charge in [-0.15, -0.1) is 0 Å². The number of hydrogen-bond acceptors (Lipinski definition) is 2. The number of aryl methyl sites for hydroxylation is 2. The largest absolute Gasteiger partial charge is 0.293 e. The molecule has 0 radical (unpaired) electrons. The highest BCUT2D eigenvalue weighted by molar-refractivity contribution is 5.98. The van der Waals surface area contributed by atoms with E-state index in [2.05, 4.69) is 11.7 Å². The molecule has 0 amide bonds. The predicted molar refractivity (Wildman–Crippen MR) is 73.5 cm³/mol. The molecule has 3 nitrogen and oxygen atoms in total. The summed E-state index contributed by atoms with van der Waals surface area (Å²) < 4.78 is 1.62. The zero-order chi connectivity index (χ0) is 13.3. The summed E-state index contributed by atoms with van der Waals surface area (Å²) in [7, 11) is 1.78. The van der Waals surface area contributed by atoms with Crippen LogP contribution in [0, 0.1) is 6.92 Å². The van der Waals surface area contributed by atoms with Crippen molar-refractivity contribution in [3.63, 3.8) is 0 Å². The highest BCUT2D eigenvalue weighted by Gasteiger charge is 2.17. The Morgan fingerprint density at radius 3 is 2.44 bits per heavy atom. The predicted octanol–water partition coefficient (Wildman–Crippen LogP) is 3.24. The summed E-state index contributed by atoms with van der Waals surface area (Å²) in [6.07, 6.45) is 1.69. The number of hydrogen-bond donors (Lipinski definition) is 0. The van der Waals surface area contributed by atoms with Crippen LogP contribution in [-0.4, -0.2) is 15.6 Å². The molecule has 0 saturated carbocycles. The first kappa shape index (κ1) is 12.3. The Hall–Kier alpha value is -2.16. The Labute approximate surface area is 107 Å². The van der Waals surface area contributed by atoms with Crippen molar-refractivity contribution in [2.45, 2.75) is 13.8 Å². The van der Waals surface area contributed by atoms with Gasteiger partial charge in [0, 0.05) is 25.1 Å². The maximum absolute atomic E-state index is 11.6. The van der Waals surface area contributed by atoms with Crippen LogP contribution >= 0.6 is 0 Å². The number of Topliss-reactive ketones (excluding diaryl/α,β-unsaturated/α-hetero) is 1. The quantitative estimate of drug-likeness (QED) is 0.772. The molecule has 1 heterocycles. The van der Waals surface area contributed by atoms with E-state index in [1.807, 2.05) is 31.2 Å². The van der Waals surface area contributed by atoms with Crippen LogP contribution in [0.2, 0.25) is 0 Å². The van der Waals surface area contributed by atoms with Crippen molar-refractivity contribution in [1.82, 2.24) is 9.78 Å². The molecule has 0 fully saturated rings. The Morgan fingerprint density at radius 2 is 1.94 bits per heavy atom. The number of nitrogens with zero attached hydrogens (tertiary/aromatic N) is 2. The lowest BCUT2D eigenvalue weighted by Gasteiger charge is -2.00. The van der Waals surface area contributed by atoms with Crippen molar-refractivity contribution in [2.24, 2.45) is 7.05 Å². The van der Waals surface area contributed by atoms with E-state index in [9.17, 15) is 4.79 Å². The van der Waals surface area contributed by atoms with Gasteiger partial charge < -0.3 is 0 Å². The number of carbonyl (C=O) groups is 1. The van der Waals surface area contributed by atoms with Gasteiger partial charge in [-0.25, -0.2) is 0 Å². The highest BCUT2D eigenvalue weighted by Crippen LogP contribution is 2.26. The van der Waals surface area contributed by atoms with Gasteiger partial charge in [0.2, 0.25) is 0 Å². The number of carbonyl (C=O) groups excluding carboxylic acids is 1. The lowest BCUT2D eigenvalue weighted by atomic mass is 10.0. The molecule has 0 N–H and O–H groups in total. The maximum atomic E-state index is 11.6. The molecule has 0 spiro atoms. The van der Waals surface area contributed by atoms with Crippen molar-refractivity contribution >= 4 is 11.9 Å². The first-order valence-corrected chi connectivity index (χ1v) is 5.82. The molecule has 92 valence electrons. The molecule has 0 saturated heterocycles. The Balaban J connectivity index is 2.65. The van der Waals surface area contributed by atoms with Crippen molar-refractivity contribution in [1.29, 1.82) is 0 Å². The summed E-state index contributed by atoms with van der Waals surface area (Å²) in [5.74, 6) is -0.00161. The summed E-state index contributed by atoms with van der Waals surface area (Å²) >= 11 is 0. The number of ketones is 1. The molecule has 3 heteroatoms. The van der Waals surface area contributed by atoms with Crippen LogP contribution in [0.4, 0.5) is 0 Å². The van der Waals surface area contributed by atoms with Gasteiger partial charge in [-0.3, -0.25) is 9.48 Å². The first-order valence-electron chi connectivity index (χ1n) is 5.82. The molecule has 0 bridgehead atoms. The smallest absolute Gasteiger partial charge is 0.178 e. The van der Waals surface area contributed by atoms with E-state index in [0.717, 1.165) is 16.8 Å². The molecule has 1 aromatic carbocycles. The van der Waals surface area contributed by atoms with Gasteiger partial charge in [-0.05, 0) is 6.92 Å². The Bertz CT molecular complexity index is 606. The summed E-state index contributed by atoms with van der Waals surface area (Å²) in [5.41, 5.74) is 4.40. The van der Waals surface area contributed by atoms with Gasteiger partial charge in [0.1, 0.15) is 11.4 Å². The van der Waals surface area contributed by atoms with E-state index < -0.39 is 0 Å². The molecule has 0 aliphatic carbocycles. The minimum Gasteiger partial charge on any atom is -0.293 e. The second kappa shape index (κ2) is 4.61.